The molecule has 0 N–H and O–H groups in total. The zero-order valence-corrected chi connectivity index (χ0v) is 17.8. The van der Waals surface area contributed by atoms with E-state index < -0.39 is 0 Å². The first-order chi connectivity index (χ1) is 15.3. The van der Waals surface area contributed by atoms with Crippen molar-refractivity contribution in [1.82, 2.24) is 10.2 Å². The molecule has 0 atom stereocenters. The second kappa shape index (κ2) is 8.88. The standard InChI is InChI=1S/C26H28N4O/c31-26(30-16-6-10-22-9-4-5-11-24(22)30)23-12-13-25(28-27-23)29-17-14-21(15-18-29)19-20-7-2-1-3-8-20/h1-5,7-9,11-13,21H,6,10,14-19H2. The van der Waals surface area contributed by atoms with Crippen LogP contribution in [0.4, 0.5) is 11.5 Å². The van der Waals surface area contributed by atoms with Crippen LogP contribution >= 0.6 is 0 Å². The number of amides is 1. The summed E-state index contributed by atoms with van der Waals surface area (Å²) in [6.07, 6.45) is 5.45. The van der Waals surface area contributed by atoms with Gasteiger partial charge in [0.1, 0.15) is 0 Å². The summed E-state index contributed by atoms with van der Waals surface area (Å²) in [4.78, 5) is 17.2. The average molecular weight is 413 g/mol. The van der Waals surface area contributed by atoms with Gasteiger partial charge in [0.15, 0.2) is 11.5 Å². The van der Waals surface area contributed by atoms with Crippen molar-refractivity contribution in [2.75, 3.05) is 29.4 Å². The van der Waals surface area contributed by atoms with Crippen LogP contribution in [-0.2, 0) is 12.8 Å². The molecule has 0 saturated carbocycles. The fraction of sp³-hybridized carbons (Fsp3) is 0.346. The number of aromatic nitrogens is 2. The van der Waals surface area contributed by atoms with Crippen LogP contribution in [0.5, 0.6) is 0 Å². The smallest absolute Gasteiger partial charge is 0.278 e. The number of benzene rings is 2. The third-order valence-electron chi connectivity index (χ3n) is 6.53. The van der Waals surface area contributed by atoms with Crippen molar-refractivity contribution in [3.05, 3.63) is 83.6 Å². The molecule has 5 nitrogen and oxygen atoms in total. The Kier molecular flexibility index (Phi) is 5.65. The predicted octanol–water partition coefficient (Wildman–Crippen LogP) is 4.53. The van der Waals surface area contributed by atoms with Crippen molar-refractivity contribution in [3.63, 3.8) is 0 Å². The summed E-state index contributed by atoms with van der Waals surface area (Å²) in [6.45, 7) is 2.70. The highest BCUT2D eigenvalue weighted by Crippen LogP contribution is 2.28. The average Bonchev–Trinajstić information content (AvgIpc) is 2.84. The van der Waals surface area contributed by atoms with Crippen LogP contribution in [0.2, 0.25) is 0 Å². The topological polar surface area (TPSA) is 49.3 Å². The van der Waals surface area contributed by atoms with E-state index >= 15 is 0 Å². The monoisotopic (exact) mass is 412 g/mol. The lowest BCUT2D eigenvalue weighted by Crippen LogP contribution is -2.37. The first-order valence-electron chi connectivity index (χ1n) is 11.3. The van der Waals surface area contributed by atoms with E-state index in [1.54, 1.807) is 0 Å². The molecule has 0 radical (unpaired) electrons. The van der Waals surface area contributed by atoms with Crippen molar-refractivity contribution < 1.29 is 4.79 Å². The fourth-order valence-electron chi connectivity index (χ4n) is 4.80. The van der Waals surface area contributed by atoms with Gasteiger partial charge in [0.25, 0.3) is 5.91 Å². The van der Waals surface area contributed by atoms with Crippen LogP contribution in [-0.4, -0.2) is 35.7 Å². The van der Waals surface area contributed by atoms with Crippen LogP contribution < -0.4 is 9.80 Å². The molecule has 2 aliphatic rings. The van der Waals surface area contributed by atoms with Gasteiger partial charge in [-0.3, -0.25) is 4.79 Å². The molecule has 3 aromatic rings. The number of hydrogen-bond acceptors (Lipinski definition) is 4. The highest BCUT2D eigenvalue weighted by atomic mass is 16.2. The van der Waals surface area contributed by atoms with E-state index in [0.29, 0.717) is 11.6 Å². The first kappa shape index (κ1) is 19.7. The SMILES string of the molecule is O=C(c1ccc(N2CCC(Cc3ccccc3)CC2)nn1)N1CCCc2ccccc21. The minimum absolute atomic E-state index is 0.0623. The van der Waals surface area contributed by atoms with Gasteiger partial charge in [0.2, 0.25) is 0 Å². The van der Waals surface area contributed by atoms with Gasteiger partial charge in [-0.25, -0.2) is 0 Å². The predicted molar refractivity (Wildman–Crippen MR) is 124 cm³/mol. The number of piperidine rings is 1. The third kappa shape index (κ3) is 4.31. The largest absolute Gasteiger partial charge is 0.355 e. The first-order valence-corrected chi connectivity index (χ1v) is 11.3. The maximum Gasteiger partial charge on any atom is 0.278 e. The van der Waals surface area contributed by atoms with Crippen molar-refractivity contribution in [2.45, 2.75) is 32.1 Å². The summed E-state index contributed by atoms with van der Waals surface area (Å²) in [6, 6.07) is 22.7. The van der Waals surface area contributed by atoms with Crippen LogP contribution in [0.15, 0.2) is 66.7 Å². The molecular formula is C26H28N4O. The number of para-hydroxylation sites is 1. The van der Waals surface area contributed by atoms with E-state index in [-0.39, 0.29) is 5.91 Å². The van der Waals surface area contributed by atoms with Gasteiger partial charge in [-0.2, -0.15) is 0 Å². The maximum absolute atomic E-state index is 13.1. The van der Waals surface area contributed by atoms with Crippen molar-refractivity contribution in [1.29, 1.82) is 0 Å². The van der Waals surface area contributed by atoms with Gasteiger partial charge < -0.3 is 9.80 Å². The number of anilines is 2. The van der Waals surface area contributed by atoms with Gasteiger partial charge in [0.05, 0.1) is 0 Å². The molecule has 1 amide bonds. The molecule has 2 aliphatic heterocycles. The number of aryl methyl sites for hydroxylation is 1. The highest BCUT2D eigenvalue weighted by molar-refractivity contribution is 6.05. The van der Waals surface area contributed by atoms with Gasteiger partial charge in [0, 0.05) is 25.3 Å². The number of hydrogen-bond donors (Lipinski definition) is 0. The van der Waals surface area contributed by atoms with E-state index in [1.165, 1.54) is 11.1 Å². The second-order valence-electron chi connectivity index (χ2n) is 8.59. The molecule has 1 aromatic heterocycles. The molecule has 5 rings (SSSR count). The maximum atomic E-state index is 13.1. The minimum Gasteiger partial charge on any atom is -0.355 e. The zero-order chi connectivity index (χ0) is 21.0. The summed E-state index contributed by atoms with van der Waals surface area (Å²) in [5, 5.41) is 8.72. The zero-order valence-electron chi connectivity index (χ0n) is 17.8. The summed E-state index contributed by atoms with van der Waals surface area (Å²) >= 11 is 0. The summed E-state index contributed by atoms with van der Waals surface area (Å²) in [5.41, 5.74) is 4.07. The number of carbonyl (C=O) groups is 1. The number of fused-ring (bicyclic) bond motifs is 1. The van der Waals surface area contributed by atoms with E-state index in [0.717, 1.165) is 63.2 Å². The van der Waals surface area contributed by atoms with E-state index in [1.807, 2.05) is 35.2 Å². The second-order valence-corrected chi connectivity index (χ2v) is 8.59. The Hall–Kier alpha value is -3.21. The quantitative estimate of drug-likeness (QED) is 0.632. The molecule has 0 unspecified atom stereocenters. The molecule has 2 aromatic carbocycles. The van der Waals surface area contributed by atoms with Crippen LogP contribution in [0.3, 0.4) is 0 Å². The lowest BCUT2D eigenvalue weighted by atomic mass is 9.90. The lowest BCUT2D eigenvalue weighted by Gasteiger charge is -2.32. The molecule has 0 aliphatic carbocycles. The van der Waals surface area contributed by atoms with E-state index in [4.69, 9.17) is 0 Å². The molecule has 1 fully saturated rings. The number of nitrogens with zero attached hydrogens (tertiary/aromatic N) is 4. The Bertz CT molecular complexity index is 1030. The summed E-state index contributed by atoms with van der Waals surface area (Å²) < 4.78 is 0. The van der Waals surface area contributed by atoms with Gasteiger partial charge in [-0.1, -0.05) is 48.5 Å². The van der Waals surface area contributed by atoms with Crippen molar-refractivity contribution in [3.8, 4) is 0 Å². The Balaban J connectivity index is 1.22. The Morgan fingerprint density at radius 2 is 1.65 bits per heavy atom. The Labute approximate surface area is 183 Å². The van der Waals surface area contributed by atoms with Gasteiger partial charge >= 0.3 is 0 Å². The normalized spacial score (nSPS) is 16.8. The van der Waals surface area contributed by atoms with Crippen molar-refractivity contribution in [2.24, 2.45) is 5.92 Å². The van der Waals surface area contributed by atoms with Crippen LogP contribution in [0, 0.1) is 5.92 Å². The Morgan fingerprint density at radius 1 is 0.871 bits per heavy atom. The number of rotatable bonds is 4. The van der Waals surface area contributed by atoms with E-state index in [2.05, 4.69) is 51.5 Å². The fourth-order valence-corrected chi connectivity index (χ4v) is 4.80. The molecule has 0 spiro atoms. The molecular weight excluding hydrogens is 384 g/mol. The van der Waals surface area contributed by atoms with Gasteiger partial charge in [-0.15, -0.1) is 10.2 Å². The molecule has 0 bridgehead atoms. The summed E-state index contributed by atoms with van der Waals surface area (Å²) in [7, 11) is 0. The van der Waals surface area contributed by atoms with Crippen molar-refractivity contribution >= 4 is 17.4 Å². The molecule has 1 saturated heterocycles. The highest BCUT2D eigenvalue weighted by Gasteiger charge is 2.25. The molecule has 5 heteroatoms. The van der Waals surface area contributed by atoms with E-state index in [9.17, 15) is 4.79 Å². The third-order valence-corrected chi connectivity index (χ3v) is 6.53. The number of carbonyl (C=O) groups excluding carboxylic acids is 1. The molecule has 31 heavy (non-hydrogen) atoms. The Morgan fingerprint density at radius 3 is 2.42 bits per heavy atom. The molecule has 158 valence electrons. The van der Waals surface area contributed by atoms with Crippen LogP contribution in [0.1, 0.15) is 40.9 Å². The van der Waals surface area contributed by atoms with Crippen LogP contribution in [0.25, 0.3) is 0 Å². The van der Waals surface area contributed by atoms with Gasteiger partial charge in [-0.05, 0) is 67.3 Å². The minimum atomic E-state index is -0.0623. The summed E-state index contributed by atoms with van der Waals surface area (Å²) in [5.74, 6) is 1.52. The lowest BCUT2D eigenvalue weighted by molar-refractivity contribution is 0.0979. The molecule has 3 heterocycles.